The van der Waals surface area contributed by atoms with Crippen molar-refractivity contribution < 1.29 is 23.1 Å². The van der Waals surface area contributed by atoms with Crippen LogP contribution in [0.15, 0.2) is 83.9 Å². The summed E-state index contributed by atoms with van der Waals surface area (Å²) in [6.07, 6.45) is 0.928. The van der Waals surface area contributed by atoms with Crippen LogP contribution in [0, 0.1) is 0 Å². The van der Waals surface area contributed by atoms with Gasteiger partial charge in [0.1, 0.15) is 5.01 Å². The number of benzene rings is 3. The van der Waals surface area contributed by atoms with Crippen molar-refractivity contribution in [2.45, 2.75) is 31.4 Å². The lowest BCUT2D eigenvalue weighted by Crippen LogP contribution is -2.31. The molecule has 1 aliphatic rings. The van der Waals surface area contributed by atoms with E-state index in [1.54, 1.807) is 60.2 Å². The van der Waals surface area contributed by atoms with Gasteiger partial charge in [-0.1, -0.05) is 36.4 Å². The predicted octanol–water partition coefficient (Wildman–Crippen LogP) is 6.46. The maximum absolute atomic E-state index is 13.1. The predicted molar refractivity (Wildman–Crippen MR) is 157 cm³/mol. The molecule has 2 N–H and O–H groups in total. The van der Waals surface area contributed by atoms with Gasteiger partial charge in [0, 0.05) is 48.3 Å². The van der Waals surface area contributed by atoms with Crippen molar-refractivity contribution in [2.24, 2.45) is 0 Å². The average Bonchev–Trinajstić information content (AvgIpc) is 3.56. The summed E-state index contributed by atoms with van der Waals surface area (Å²) in [4.78, 5) is 33.8. The fourth-order valence-corrected chi connectivity index (χ4v) is 6.00. The van der Waals surface area contributed by atoms with Gasteiger partial charge in [0.2, 0.25) is 0 Å². The number of ether oxygens (including phenoxy) is 1. The van der Waals surface area contributed by atoms with E-state index in [2.05, 4.69) is 10.3 Å². The molecule has 11 heteroatoms. The molecule has 3 amide bonds. The highest BCUT2D eigenvalue weighted by Gasteiger charge is 2.30. The molecule has 1 fully saturated rings. The SMILES string of the molecule is CC(C)OC(=O)Nc1ccc(-c2ncc(-c3ccc(N4CCN(Cc5ccccc5)C4=O)cc3S(=O)O)s2)cc1. The summed E-state index contributed by atoms with van der Waals surface area (Å²) in [5, 5.41) is 3.40. The monoisotopic (exact) mass is 576 g/mol. The van der Waals surface area contributed by atoms with Gasteiger partial charge in [-0.15, -0.1) is 11.3 Å². The van der Waals surface area contributed by atoms with Crippen molar-refractivity contribution in [3.8, 4) is 21.0 Å². The van der Waals surface area contributed by atoms with E-state index in [1.807, 2.05) is 42.5 Å². The molecule has 3 aromatic carbocycles. The average molecular weight is 577 g/mol. The normalized spacial score (nSPS) is 14.1. The zero-order valence-electron chi connectivity index (χ0n) is 21.9. The maximum Gasteiger partial charge on any atom is 0.411 e. The number of amides is 3. The summed E-state index contributed by atoms with van der Waals surface area (Å²) in [6.45, 7) is 5.13. The number of anilines is 2. The van der Waals surface area contributed by atoms with Crippen LogP contribution in [-0.2, 0) is 22.4 Å². The van der Waals surface area contributed by atoms with Crippen molar-refractivity contribution in [2.75, 3.05) is 23.3 Å². The third-order valence-corrected chi connectivity index (χ3v) is 8.06. The minimum Gasteiger partial charge on any atom is -0.447 e. The van der Waals surface area contributed by atoms with Crippen molar-refractivity contribution in [3.63, 3.8) is 0 Å². The van der Waals surface area contributed by atoms with Gasteiger partial charge in [0.15, 0.2) is 11.1 Å². The molecule has 0 saturated carbocycles. The zero-order valence-corrected chi connectivity index (χ0v) is 23.6. The van der Waals surface area contributed by atoms with E-state index in [-0.39, 0.29) is 17.0 Å². The molecule has 40 heavy (non-hydrogen) atoms. The van der Waals surface area contributed by atoms with Crippen LogP contribution in [0.1, 0.15) is 19.4 Å². The number of hydrogen-bond donors (Lipinski definition) is 2. The van der Waals surface area contributed by atoms with Crippen LogP contribution in [-0.4, -0.2) is 50.0 Å². The molecule has 1 atom stereocenters. The van der Waals surface area contributed by atoms with Gasteiger partial charge in [-0.2, -0.15) is 0 Å². The molecule has 1 unspecified atom stereocenters. The van der Waals surface area contributed by atoms with Crippen molar-refractivity contribution in [1.29, 1.82) is 0 Å². The van der Waals surface area contributed by atoms with Crippen LogP contribution in [0.25, 0.3) is 21.0 Å². The van der Waals surface area contributed by atoms with Crippen LogP contribution in [0.5, 0.6) is 0 Å². The van der Waals surface area contributed by atoms with E-state index in [4.69, 9.17) is 4.74 Å². The van der Waals surface area contributed by atoms with Gasteiger partial charge in [-0.25, -0.2) is 18.8 Å². The van der Waals surface area contributed by atoms with E-state index in [0.29, 0.717) is 36.6 Å². The first kappa shape index (κ1) is 27.5. The van der Waals surface area contributed by atoms with E-state index >= 15 is 0 Å². The third kappa shape index (κ3) is 6.22. The number of urea groups is 1. The summed E-state index contributed by atoms with van der Waals surface area (Å²) in [5.41, 5.74) is 3.63. The van der Waals surface area contributed by atoms with Crippen LogP contribution in [0.3, 0.4) is 0 Å². The fourth-order valence-electron chi connectivity index (χ4n) is 4.39. The van der Waals surface area contributed by atoms with Crippen molar-refractivity contribution in [3.05, 3.63) is 84.6 Å². The Balaban J connectivity index is 1.33. The minimum atomic E-state index is -2.28. The lowest BCUT2D eigenvalue weighted by atomic mass is 10.1. The molecule has 5 rings (SSSR count). The number of carbonyl (C=O) groups is 2. The van der Waals surface area contributed by atoms with Gasteiger partial charge in [0.25, 0.3) is 0 Å². The lowest BCUT2D eigenvalue weighted by molar-refractivity contribution is 0.130. The highest BCUT2D eigenvalue weighted by Crippen LogP contribution is 2.37. The lowest BCUT2D eigenvalue weighted by Gasteiger charge is -2.20. The molecular weight excluding hydrogens is 548 g/mol. The number of nitrogens with one attached hydrogen (secondary N) is 1. The first-order chi connectivity index (χ1) is 19.3. The first-order valence-corrected chi connectivity index (χ1v) is 14.6. The van der Waals surface area contributed by atoms with Crippen LogP contribution in [0.2, 0.25) is 0 Å². The number of thiazole rings is 1. The number of aromatic nitrogens is 1. The number of nitrogens with zero attached hydrogens (tertiary/aromatic N) is 3. The Hall–Kier alpha value is -4.06. The molecule has 206 valence electrons. The topological polar surface area (TPSA) is 112 Å². The molecule has 0 aliphatic carbocycles. The van der Waals surface area contributed by atoms with Crippen molar-refractivity contribution in [1.82, 2.24) is 9.88 Å². The second-order valence-electron chi connectivity index (χ2n) is 9.46. The second-order valence-corrected chi connectivity index (χ2v) is 11.4. The Morgan fingerprint density at radius 3 is 2.55 bits per heavy atom. The highest BCUT2D eigenvalue weighted by atomic mass is 32.2. The van der Waals surface area contributed by atoms with Gasteiger partial charge >= 0.3 is 12.1 Å². The van der Waals surface area contributed by atoms with E-state index in [1.165, 1.54) is 11.3 Å². The van der Waals surface area contributed by atoms with Gasteiger partial charge < -0.3 is 14.2 Å². The van der Waals surface area contributed by atoms with E-state index in [9.17, 15) is 18.4 Å². The van der Waals surface area contributed by atoms with Crippen LogP contribution < -0.4 is 10.2 Å². The molecule has 0 bridgehead atoms. The first-order valence-electron chi connectivity index (χ1n) is 12.7. The molecular formula is C29H28N4O5S2. The van der Waals surface area contributed by atoms with Gasteiger partial charge in [-0.05, 0) is 55.8 Å². The molecule has 9 nitrogen and oxygen atoms in total. The number of carbonyl (C=O) groups excluding carboxylic acids is 2. The van der Waals surface area contributed by atoms with Crippen molar-refractivity contribution >= 4 is 45.9 Å². The Morgan fingerprint density at radius 1 is 1.10 bits per heavy atom. The molecule has 0 spiro atoms. The Kier molecular flexibility index (Phi) is 8.24. The van der Waals surface area contributed by atoms with Gasteiger partial charge in [-0.3, -0.25) is 10.2 Å². The second kappa shape index (κ2) is 12.0. The summed E-state index contributed by atoms with van der Waals surface area (Å²) >= 11 is -0.895. The Morgan fingerprint density at radius 2 is 1.85 bits per heavy atom. The molecule has 2 heterocycles. The van der Waals surface area contributed by atoms with Gasteiger partial charge in [0.05, 0.1) is 15.9 Å². The molecule has 4 aromatic rings. The Bertz CT molecular complexity index is 1540. The standard InChI is InChI=1S/C29H28N4O5S2/c1-19(2)38-28(34)31-22-10-8-21(9-11-22)27-30-17-25(39-27)24-13-12-23(16-26(24)40(36)37)33-15-14-32(29(33)35)18-20-6-4-3-5-7-20/h3-13,16-17,19H,14-15,18H2,1-2H3,(H,31,34)(H,36,37). The van der Waals surface area contributed by atoms with Crippen LogP contribution >= 0.6 is 11.3 Å². The molecule has 1 saturated heterocycles. The number of rotatable bonds is 8. The Labute approximate surface area is 238 Å². The third-order valence-electron chi connectivity index (χ3n) is 6.27. The highest BCUT2D eigenvalue weighted by molar-refractivity contribution is 7.79. The molecule has 1 aromatic heterocycles. The summed E-state index contributed by atoms with van der Waals surface area (Å²) in [6, 6.07) is 22.0. The fraction of sp³-hybridized carbons (Fsp3) is 0.207. The van der Waals surface area contributed by atoms with Crippen LogP contribution in [0.4, 0.5) is 21.0 Å². The number of hydrogen-bond acceptors (Lipinski definition) is 6. The van der Waals surface area contributed by atoms with E-state index in [0.717, 1.165) is 21.0 Å². The minimum absolute atomic E-state index is 0.137. The summed E-state index contributed by atoms with van der Waals surface area (Å²) < 4.78 is 27.6. The smallest absolute Gasteiger partial charge is 0.411 e. The zero-order chi connectivity index (χ0) is 28.2. The largest absolute Gasteiger partial charge is 0.447 e. The maximum atomic E-state index is 13.1. The quantitative estimate of drug-likeness (QED) is 0.233. The van der Waals surface area contributed by atoms with E-state index < -0.39 is 17.2 Å². The molecule has 1 aliphatic heterocycles. The summed E-state index contributed by atoms with van der Waals surface area (Å²) in [5.74, 6) is 0. The molecule has 0 radical (unpaired) electrons. The summed E-state index contributed by atoms with van der Waals surface area (Å²) in [7, 11) is 0.